The van der Waals surface area contributed by atoms with E-state index in [4.69, 9.17) is 10.5 Å². The van der Waals surface area contributed by atoms with Crippen molar-refractivity contribution in [3.63, 3.8) is 0 Å². The van der Waals surface area contributed by atoms with Crippen LogP contribution in [0.5, 0.6) is 0 Å². The van der Waals surface area contributed by atoms with Crippen LogP contribution in [0.15, 0.2) is 55.2 Å². The van der Waals surface area contributed by atoms with Crippen LogP contribution in [-0.2, 0) is 9.53 Å². The van der Waals surface area contributed by atoms with Gasteiger partial charge in [0.2, 0.25) is 5.91 Å². The summed E-state index contributed by atoms with van der Waals surface area (Å²) in [4.78, 5) is 26.2. The SMILES string of the molecule is C=CC(=O)N1C[C@@H](n2nc(C#Cc3ccn4nccc4c3)c(C(N)=O)c2NC)C/C1=C\OC. The highest BCUT2D eigenvalue weighted by molar-refractivity contribution is 6.00. The summed E-state index contributed by atoms with van der Waals surface area (Å²) < 4.78 is 8.52. The zero-order valence-corrected chi connectivity index (χ0v) is 18.3. The third-order valence-electron chi connectivity index (χ3n) is 5.34. The summed E-state index contributed by atoms with van der Waals surface area (Å²) in [6, 6.07) is 5.33. The molecule has 3 N–H and O–H groups in total. The molecule has 0 unspecified atom stereocenters. The zero-order valence-electron chi connectivity index (χ0n) is 18.3. The molecule has 0 radical (unpaired) electrons. The number of hydrogen-bond acceptors (Lipinski definition) is 6. The van der Waals surface area contributed by atoms with E-state index in [1.54, 1.807) is 33.5 Å². The molecular formula is C23H23N7O3. The van der Waals surface area contributed by atoms with E-state index in [1.165, 1.54) is 19.4 Å². The van der Waals surface area contributed by atoms with Crippen molar-refractivity contribution >= 4 is 23.1 Å². The van der Waals surface area contributed by atoms with Crippen molar-refractivity contribution in [2.75, 3.05) is 26.0 Å². The minimum atomic E-state index is -0.647. The van der Waals surface area contributed by atoms with Crippen molar-refractivity contribution in [2.24, 2.45) is 5.73 Å². The molecule has 10 nitrogen and oxygen atoms in total. The Labute approximate surface area is 190 Å². The summed E-state index contributed by atoms with van der Waals surface area (Å²) in [5.74, 6) is 5.57. The van der Waals surface area contributed by atoms with Gasteiger partial charge in [0.05, 0.1) is 24.4 Å². The highest BCUT2D eigenvalue weighted by Gasteiger charge is 2.35. The summed E-state index contributed by atoms with van der Waals surface area (Å²) in [5.41, 5.74) is 8.46. The van der Waals surface area contributed by atoms with Crippen molar-refractivity contribution in [3.05, 3.63) is 72.0 Å². The normalized spacial score (nSPS) is 16.5. The molecule has 4 rings (SSSR count). The second-order valence-corrected chi connectivity index (χ2v) is 7.35. The summed E-state index contributed by atoms with van der Waals surface area (Å²) in [5, 5.41) is 11.8. The predicted octanol–water partition coefficient (Wildman–Crippen LogP) is 1.52. The molecule has 0 saturated carbocycles. The molecule has 4 heterocycles. The molecule has 3 aromatic heterocycles. The smallest absolute Gasteiger partial charge is 0.255 e. The lowest BCUT2D eigenvalue weighted by Crippen LogP contribution is -2.27. The molecule has 0 spiro atoms. The molecule has 3 aromatic rings. The molecule has 168 valence electrons. The molecule has 0 aliphatic carbocycles. The van der Waals surface area contributed by atoms with Gasteiger partial charge in [0, 0.05) is 38.0 Å². The number of ether oxygens (including phenoxy) is 1. The Morgan fingerprint density at radius 1 is 1.36 bits per heavy atom. The quantitative estimate of drug-likeness (QED) is 0.349. The minimum absolute atomic E-state index is 0.196. The maximum Gasteiger partial charge on any atom is 0.255 e. The fourth-order valence-corrected chi connectivity index (χ4v) is 3.89. The first kappa shape index (κ1) is 21.7. The lowest BCUT2D eigenvalue weighted by molar-refractivity contribution is -0.123. The van der Waals surface area contributed by atoms with Gasteiger partial charge in [0.1, 0.15) is 17.6 Å². The molecule has 1 atom stereocenters. The van der Waals surface area contributed by atoms with Crippen LogP contribution in [-0.4, -0.2) is 56.8 Å². The molecule has 1 fully saturated rings. The van der Waals surface area contributed by atoms with Crippen LogP contribution in [0.2, 0.25) is 0 Å². The molecular weight excluding hydrogens is 422 g/mol. The van der Waals surface area contributed by atoms with Gasteiger partial charge in [-0.1, -0.05) is 12.5 Å². The summed E-state index contributed by atoms with van der Waals surface area (Å²) in [7, 11) is 3.20. The van der Waals surface area contributed by atoms with E-state index < -0.39 is 5.91 Å². The zero-order chi connectivity index (χ0) is 23.5. The van der Waals surface area contributed by atoms with Crippen LogP contribution in [0.3, 0.4) is 0 Å². The van der Waals surface area contributed by atoms with Gasteiger partial charge >= 0.3 is 0 Å². The number of carbonyl (C=O) groups excluding carboxylic acids is 2. The van der Waals surface area contributed by atoms with Crippen LogP contribution in [0.4, 0.5) is 5.82 Å². The van der Waals surface area contributed by atoms with Gasteiger partial charge < -0.3 is 20.7 Å². The Morgan fingerprint density at radius 2 is 2.18 bits per heavy atom. The summed E-state index contributed by atoms with van der Waals surface area (Å²) >= 11 is 0. The molecule has 1 aliphatic heterocycles. The van der Waals surface area contributed by atoms with Crippen molar-refractivity contribution in [3.8, 4) is 11.8 Å². The van der Waals surface area contributed by atoms with Gasteiger partial charge in [-0.3, -0.25) is 9.59 Å². The third-order valence-corrected chi connectivity index (χ3v) is 5.34. The molecule has 0 bridgehead atoms. The standard InChI is InChI=1S/C23H23N7O3/c1-4-20(31)28-13-17(12-18(28)14-33-3)30-23(25-2)21(22(24)32)19(27-30)6-5-15-8-10-29-16(11-15)7-9-26-29/h4,7-11,14,17,25H,1,12-13H2,2-3H3,(H2,24,32)/b18-14+/t17-/m0/s1. The maximum atomic E-state index is 12.3. The van der Waals surface area contributed by atoms with Crippen LogP contribution in [0.1, 0.15) is 34.1 Å². The maximum absolute atomic E-state index is 12.3. The average Bonchev–Trinajstić information content (AvgIpc) is 3.53. The second-order valence-electron chi connectivity index (χ2n) is 7.35. The van der Waals surface area contributed by atoms with Gasteiger partial charge in [-0.05, 0) is 30.2 Å². The van der Waals surface area contributed by atoms with E-state index in [1.807, 2.05) is 18.2 Å². The van der Waals surface area contributed by atoms with E-state index in [2.05, 4.69) is 33.9 Å². The molecule has 33 heavy (non-hydrogen) atoms. The molecule has 1 saturated heterocycles. The number of hydrogen-bond donors (Lipinski definition) is 2. The number of amides is 2. The largest absolute Gasteiger partial charge is 0.503 e. The van der Waals surface area contributed by atoms with E-state index in [-0.39, 0.29) is 23.2 Å². The van der Waals surface area contributed by atoms with Crippen LogP contribution < -0.4 is 11.1 Å². The lowest BCUT2D eigenvalue weighted by atomic mass is 10.2. The molecule has 10 heteroatoms. The first-order valence-corrected chi connectivity index (χ1v) is 10.2. The van der Waals surface area contributed by atoms with Gasteiger partial charge in [-0.25, -0.2) is 9.20 Å². The number of allylic oxidation sites excluding steroid dienone is 1. The first-order chi connectivity index (χ1) is 16.0. The molecule has 2 amide bonds. The Balaban J connectivity index is 1.74. The van der Waals surface area contributed by atoms with Gasteiger partial charge in [-0.2, -0.15) is 10.2 Å². The average molecular weight is 445 g/mol. The lowest BCUT2D eigenvalue weighted by Gasteiger charge is -2.16. The molecule has 1 aliphatic rings. The number of methoxy groups -OCH3 is 1. The second kappa shape index (κ2) is 8.92. The monoisotopic (exact) mass is 445 g/mol. The number of primary amides is 1. The highest BCUT2D eigenvalue weighted by atomic mass is 16.5. The van der Waals surface area contributed by atoms with E-state index in [9.17, 15) is 9.59 Å². The molecule has 0 aromatic carbocycles. The number of nitrogens with zero attached hydrogens (tertiary/aromatic N) is 5. The Morgan fingerprint density at radius 3 is 2.88 bits per heavy atom. The van der Waals surface area contributed by atoms with E-state index in [0.29, 0.717) is 24.5 Å². The van der Waals surface area contributed by atoms with Crippen molar-refractivity contribution in [1.29, 1.82) is 0 Å². The van der Waals surface area contributed by atoms with Crippen LogP contribution >= 0.6 is 0 Å². The van der Waals surface area contributed by atoms with Crippen LogP contribution in [0, 0.1) is 11.8 Å². The number of anilines is 1. The van der Waals surface area contributed by atoms with Crippen LogP contribution in [0.25, 0.3) is 5.52 Å². The number of likely N-dealkylation sites (tertiary alicyclic amines) is 1. The highest BCUT2D eigenvalue weighted by Crippen LogP contribution is 2.34. The topological polar surface area (TPSA) is 120 Å². The summed E-state index contributed by atoms with van der Waals surface area (Å²) in [6.45, 7) is 3.90. The van der Waals surface area contributed by atoms with Crippen molar-refractivity contribution < 1.29 is 14.3 Å². The van der Waals surface area contributed by atoms with Crippen molar-refractivity contribution in [1.82, 2.24) is 24.3 Å². The fourth-order valence-electron chi connectivity index (χ4n) is 3.89. The number of fused-ring (bicyclic) bond motifs is 1. The number of rotatable bonds is 5. The fraction of sp³-hybridized carbons (Fsp3) is 0.217. The number of pyridine rings is 1. The van der Waals surface area contributed by atoms with Gasteiger partial charge in [0.25, 0.3) is 5.91 Å². The number of nitrogens with one attached hydrogen (secondary N) is 1. The minimum Gasteiger partial charge on any atom is -0.503 e. The Bertz CT molecular complexity index is 1340. The third kappa shape index (κ3) is 4.04. The van der Waals surface area contributed by atoms with Gasteiger partial charge in [-0.15, -0.1) is 0 Å². The van der Waals surface area contributed by atoms with E-state index >= 15 is 0 Å². The number of aromatic nitrogens is 4. The van der Waals surface area contributed by atoms with E-state index in [0.717, 1.165) is 11.1 Å². The predicted molar refractivity (Wildman–Crippen MR) is 122 cm³/mol. The first-order valence-electron chi connectivity index (χ1n) is 10.2. The van der Waals surface area contributed by atoms with Gasteiger partial charge in [0.15, 0.2) is 5.69 Å². The Hall–Kier alpha value is -4.52. The Kier molecular flexibility index (Phi) is 5.87. The summed E-state index contributed by atoms with van der Waals surface area (Å²) in [6.07, 6.45) is 6.74. The van der Waals surface area contributed by atoms with Crippen molar-refractivity contribution in [2.45, 2.75) is 12.5 Å². The number of carbonyl (C=O) groups is 2. The number of nitrogens with two attached hydrogens (primary N) is 1.